The number of aromatic nitrogens is 2. The van der Waals surface area contributed by atoms with Crippen LogP contribution in [-0.2, 0) is 15.8 Å². The van der Waals surface area contributed by atoms with Crippen LogP contribution < -0.4 is 0 Å². The van der Waals surface area contributed by atoms with Gasteiger partial charge in [0.1, 0.15) is 5.82 Å². The Morgan fingerprint density at radius 2 is 1.76 bits per heavy atom. The van der Waals surface area contributed by atoms with Gasteiger partial charge in [0.05, 0.1) is 35.8 Å². The van der Waals surface area contributed by atoms with Crippen LogP contribution in [0.5, 0.6) is 0 Å². The van der Waals surface area contributed by atoms with Gasteiger partial charge in [-0.05, 0) is 48.7 Å². The fourth-order valence-corrected chi connectivity index (χ4v) is 5.43. The molecule has 0 aliphatic heterocycles. The van der Waals surface area contributed by atoms with Crippen LogP contribution in [0.15, 0.2) is 54.6 Å². The zero-order valence-corrected chi connectivity index (χ0v) is 19.5. The minimum atomic E-state index is -3.81. The highest BCUT2D eigenvalue weighted by Gasteiger charge is 2.28. The van der Waals surface area contributed by atoms with Crippen molar-refractivity contribution in [3.05, 3.63) is 71.7 Å². The second kappa shape index (κ2) is 10.4. The van der Waals surface area contributed by atoms with Gasteiger partial charge in [-0.15, -0.1) is 0 Å². The molecule has 0 saturated carbocycles. The van der Waals surface area contributed by atoms with Gasteiger partial charge in [0.15, 0.2) is 0 Å². The summed E-state index contributed by atoms with van der Waals surface area (Å²) in [5, 5.41) is 23.4. The SMILES string of the molecule is CC(C)c1c(CCP(=O)(O)CC(O)CC(=O)O)c(-c2ccc(F)cc2)nn1-c1ccccc1. The number of para-hydroxylation sites is 1. The summed E-state index contributed by atoms with van der Waals surface area (Å²) >= 11 is 0. The van der Waals surface area contributed by atoms with Gasteiger partial charge in [-0.2, -0.15) is 5.10 Å². The molecule has 0 bridgehead atoms. The first-order valence-corrected chi connectivity index (χ1v) is 12.7. The van der Waals surface area contributed by atoms with Gasteiger partial charge >= 0.3 is 5.97 Å². The summed E-state index contributed by atoms with van der Waals surface area (Å²) in [7, 11) is -3.81. The first kappa shape index (κ1) is 24.8. The smallest absolute Gasteiger partial charge is 0.305 e. The molecule has 0 amide bonds. The van der Waals surface area contributed by atoms with Crippen molar-refractivity contribution in [2.75, 3.05) is 12.3 Å². The molecule has 0 radical (unpaired) electrons. The third kappa shape index (κ3) is 6.38. The number of carboxylic acids is 1. The second-order valence-corrected chi connectivity index (χ2v) is 10.9. The summed E-state index contributed by atoms with van der Waals surface area (Å²) in [6, 6.07) is 15.4. The lowest BCUT2D eigenvalue weighted by molar-refractivity contribution is -0.138. The summed E-state index contributed by atoms with van der Waals surface area (Å²) in [6.07, 6.45) is -2.42. The highest BCUT2D eigenvalue weighted by molar-refractivity contribution is 7.58. The molecule has 9 heteroatoms. The quantitative estimate of drug-likeness (QED) is 0.374. The number of halogens is 1. The monoisotopic (exact) mass is 474 g/mol. The summed E-state index contributed by atoms with van der Waals surface area (Å²) in [6.45, 7) is 4.01. The van der Waals surface area contributed by atoms with Crippen molar-refractivity contribution in [3.8, 4) is 16.9 Å². The van der Waals surface area contributed by atoms with Gasteiger partial charge in [-0.1, -0.05) is 32.0 Å². The molecule has 2 aromatic carbocycles. The highest BCUT2D eigenvalue weighted by atomic mass is 31.2. The zero-order chi connectivity index (χ0) is 24.2. The number of hydrogen-bond donors (Lipinski definition) is 3. The average molecular weight is 474 g/mol. The molecule has 7 nitrogen and oxygen atoms in total. The Labute approximate surface area is 192 Å². The zero-order valence-electron chi connectivity index (χ0n) is 18.6. The van der Waals surface area contributed by atoms with Crippen LogP contribution in [0, 0.1) is 5.82 Å². The van der Waals surface area contributed by atoms with Gasteiger partial charge in [0.2, 0.25) is 7.37 Å². The van der Waals surface area contributed by atoms with E-state index in [1.165, 1.54) is 12.1 Å². The first-order valence-electron chi connectivity index (χ1n) is 10.7. The third-order valence-electron chi connectivity index (χ3n) is 5.31. The predicted molar refractivity (Wildman–Crippen MR) is 125 cm³/mol. The van der Waals surface area contributed by atoms with Crippen LogP contribution in [0.3, 0.4) is 0 Å². The van der Waals surface area contributed by atoms with Crippen LogP contribution >= 0.6 is 7.37 Å². The number of aliphatic hydroxyl groups excluding tert-OH is 1. The summed E-state index contributed by atoms with van der Waals surface area (Å²) in [4.78, 5) is 21.2. The van der Waals surface area contributed by atoms with E-state index in [2.05, 4.69) is 0 Å². The van der Waals surface area contributed by atoms with E-state index < -0.39 is 32.0 Å². The molecule has 2 atom stereocenters. The summed E-state index contributed by atoms with van der Waals surface area (Å²) in [5.74, 6) is -1.58. The number of aliphatic carboxylic acids is 1. The number of rotatable bonds is 10. The number of nitrogens with zero attached hydrogens (tertiary/aromatic N) is 2. The number of carbonyl (C=O) groups is 1. The summed E-state index contributed by atoms with van der Waals surface area (Å²) in [5.41, 5.74) is 3.74. The molecule has 1 aromatic heterocycles. The lowest BCUT2D eigenvalue weighted by atomic mass is 9.98. The number of aliphatic hydroxyl groups is 1. The lowest BCUT2D eigenvalue weighted by Gasteiger charge is -2.17. The normalized spacial score (nSPS) is 14.2. The van der Waals surface area contributed by atoms with E-state index in [1.54, 1.807) is 16.8 Å². The second-order valence-electron chi connectivity index (χ2n) is 8.38. The molecule has 176 valence electrons. The van der Waals surface area contributed by atoms with Gasteiger partial charge in [-0.25, -0.2) is 9.07 Å². The summed E-state index contributed by atoms with van der Waals surface area (Å²) < 4.78 is 28.1. The van der Waals surface area contributed by atoms with E-state index in [9.17, 15) is 23.7 Å². The average Bonchev–Trinajstić information content (AvgIpc) is 3.12. The Hall–Kier alpha value is -2.80. The van der Waals surface area contributed by atoms with Gasteiger partial charge in [-0.3, -0.25) is 9.36 Å². The molecule has 3 aromatic rings. The van der Waals surface area contributed by atoms with Crippen LogP contribution in [0.4, 0.5) is 4.39 Å². The fourth-order valence-electron chi connectivity index (χ4n) is 3.88. The van der Waals surface area contributed by atoms with Crippen molar-refractivity contribution in [1.82, 2.24) is 9.78 Å². The molecule has 3 N–H and O–H groups in total. The molecular formula is C24H28FN2O5P. The Morgan fingerprint density at radius 3 is 2.33 bits per heavy atom. The van der Waals surface area contributed by atoms with Crippen LogP contribution in [0.25, 0.3) is 16.9 Å². The van der Waals surface area contributed by atoms with Crippen molar-refractivity contribution < 1.29 is 28.9 Å². The Balaban J connectivity index is 2.02. The van der Waals surface area contributed by atoms with Crippen LogP contribution in [-0.4, -0.2) is 49.3 Å². The molecular weight excluding hydrogens is 446 g/mol. The van der Waals surface area contributed by atoms with Crippen molar-refractivity contribution in [3.63, 3.8) is 0 Å². The largest absolute Gasteiger partial charge is 0.481 e. The minimum Gasteiger partial charge on any atom is -0.481 e. The van der Waals surface area contributed by atoms with E-state index in [1.807, 2.05) is 44.2 Å². The van der Waals surface area contributed by atoms with Crippen LogP contribution in [0.1, 0.15) is 37.4 Å². The molecule has 0 saturated heterocycles. The molecule has 2 unspecified atom stereocenters. The first-order chi connectivity index (χ1) is 15.6. The van der Waals surface area contributed by atoms with E-state index in [-0.39, 0.29) is 24.3 Å². The number of hydrogen-bond acceptors (Lipinski definition) is 4. The van der Waals surface area contributed by atoms with Gasteiger partial charge in [0.25, 0.3) is 0 Å². The van der Waals surface area contributed by atoms with E-state index in [4.69, 9.17) is 10.2 Å². The van der Waals surface area contributed by atoms with Crippen molar-refractivity contribution in [2.45, 2.75) is 38.7 Å². The van der Waals surface area contributed by atoms with Crippen molar-refractivity contribution in [2.24, 2.45) is 0 Å². The Bertz CT molecular complexity index is 1150. The maximum atomic E-state index is 13.5. The highest BCUT2D eigenvalue weighted by Crippen LogP contribution is 2.43. The van der Waals surface area contributed by atoms with Gasteiger partial charge < -0.3 is 15.1 Å². The molecule has 0 fully saturated rings. The van der Waals surface area contributed by atoms with E-state index >= 15 is 0 Å². The molecule has 0 spiro atoms. The van der Waals surface area contributed by atoms with E-state index in [0.29, 0.717) is 11.3 Å². The number of benzene rings is 2. The Morgan fingerprint density at radius 1 is 1.12 bits per heavy atom. The van der Waals surface area contributed by atoms with Crippen molar-refractivity contribution in [1.29, 1.82) is 0 Å². The minimum absolute atomic E-state index is 0.0255. The van der Waals surface area contributed by atoms with Crippen LogP contribution in [0.2, 0.25) is 0 Å². The molecule has 33 heavy (non-hydrogen) atoms. The lowest BCUT2D eigenvalue weighted by Crippen LogP contribution is -2.18. The molecule has 0 aliphatic rings. The maximum absolute atomic E-state index is 13.5. The topological polar surface area (TPSA) is 113 Å². The Kier molecular flexibility index (Phi) is 7.84. The molecule has 3 rings (SSSR count). The molecule has 0 aliphatic carbocycles. The fraction of sp³-hybridized carbons (Fsp3) is 0.333. The standard InChI is InChI=1S/C24H28FN2O5P/c1-16(2)24-21(12-13-33(31,32)15-20(28)14-22(29)30)23(17-8-10-18(25)11-9-17)26-27(24)19-6-4-3-5-7-19/h3-11,16,20,28H,12-15H2,1-2H3,(H,29,30)(H,31,32). The van der Waals surface area contributed by atoms with E-state index in [0.717, 1.165) is 16.9 Å². The molecule has 1 heterocycles. The number of carboxylic acid groups (broad SMARTS) is 1. The third-order valence-corrected chi connectivity index (χ3v) is 7.22. The van der Waals surface area contributed by atoms with Gasteiger partial charge in [0, 0.05) is 17.3 Å². The predicted octanol–water partition coefficient (Wildman–Crippen LogP) is 4.45. The maximum Gasteiger partial charge on any atom is 0.305 e. The van der Waals surface area contributed by atoms with Crippen molar-refractivity contribution >= 4 is 13.3 Å².